The van der Waals surface area contributed by atoms with Gasteiger partial charge in [-0.2, -0.15) is 4.98 Å². The molecule has 0 unspecified atom stereocenters. The highest BCUT2D eigenvalue weighted by Gasteiger charge is 2.18. The molecule has 0 aliphatic heterocycles. The Kier molecular flexibility index (Phi) is 3.82. The first-order valence-electron chi connectivity index (χ1n) is 6.60. The Morgan fingerprint density at radius 1 is 1.09 bits per heavy atom. The number of aryl methyl sites for hydroxylation is 1. The Hall–Kier alpha value is -2.76. The van der Waals surface area contributed by atoms with Gasteiger partial charge in [-0.1, -0.05) is 23.4 Å². The number of benzene rings is 2. The summed E-state index contributed by atoms with van der Waals surface area (Å²) in [6.45, 7) is 1.99. The maximum absolute atomic E-state index is 13.6. The van der Waals surface area contributed by atoms with Gasteiger partial charge in [-0.05, 0) is 36.8 Å². The Morgan fingerprint density at radius 3 is 2.55 bits per heavy atom. The molecule has 4 nitrogen and oxygen atoms in total. The fourth-order valence-corrected chi connectivity index (χ4v) is 1.97. The SMILES string of the molecule is Cc1cccc(OCc2noc(-c3c(F)cccc3F)n2)c1. The largest absolute Gasteiger partial charge is 0.485 e. The molecular formula is C16H12F2N2O2. The van der Waals surface area contributed by atoms with E-state index in [1.807, 2.05) is 25.1 Å². The van der Waals surface area contributed by atoms with Crippen molar-refractivity contribution in [1.29, 1.82) is 0 Å². The number of halogens is 2. The van der Waals surface area contributed by atoms with Crippen molar-refractivity contribution in [1.82, 2.24) is 10.1 Å². The lowest BCUT2D eigenvalue weighted by Crippen LogP contribution is -1.98. The van der Waals surface area contributed by atoms with E-state index in [2.05, 4.69) is 10.1 Å². The zero-order valence-electron chi connectivity index (χ0n) is 11.7. The van der Waals surface area contributed by atoms with E-state index in [-0.39, 0.29) is 23.9 Å². The summed E-state index contributed by atoms with van der Waals surface area (Å²) < 4.78 is 37.7. The Morgan fingerprint density at radius 2 is 1.82 bits per heavy atom. The maximum Gasteiger partial charge on any atom is 0.264 e. The van der Waals surface area contributed by atoms with Crippen molar-refractivity contribution in [2.45, 2.75) is 13.5 Å². The molecule has 1 aromatic heterocycles. The van der Waals surface area contributed by atoms with Crippen molar-refractivity contribution in [2.24, 2.45) is 0 Å². The number of rotatable bonds is 4. The van der Waals surface area contributed by atoms with E-state index in [9.17, 15) is 8.78 Å². The average Bonchev–Trinajstić information content (AvgIpc) is 2.94. The van der Waals surface area contributed by atoms with Gasteiger partial charge in [-0.25, -0.2) is 8.78 Å². The first-order chi connectivity index (χ1) is 10.6. The second kappa shape index (κ2) is 5.93. The van der Waals surface area contributed by atoms with Crippen molar-refractivity contribution >= 4 is 0 Å². The van der Waals surface area contributed by atoms with Crippen LogP contribution < -0.4 is 4.74 Å². The highest BCUT2D eigenvalue weighted by Crippen LogP contribution is 2.24. The molecule has 6 heteroatoms. The van der Waals surface area contributed by atoms with E-state index < -0.39 is 11.6 Å². The van der Waals surface area contributed by atoms with Gasteiger partial charge in [0.25, 0.3) is 5.89 Å². The first kappa shape index (κ1) is 14.2. The molecule has 22 heavy (non-hydrogen) atoms. The van der Waals surface area contributed by atoms with E-state index in [4.69, 9.17) is 9.26 Å². The summed E-state index contributed by atoms with van der Waals surface area (Å²) in [6.07, 6.45) is 0. The van der Waals surface area contributed by atoms with Crippen molar-refractivity contribution < 1.29 is 18.0 Å². The van der Waals surface area contributed by atoms with Gasteiger partial charge in [0.15, 0.2) is 6.61 Å². The highest BCUT2D eigenvalue weighted by molar-refractivity contribution is 5.54. The first-order valence-corrected chi connectivity index (χ1v) is 6.60. The average molecular weight is 302 g/mol. The van der Waals surface area contributed by atoms with Crippen LogP contribution in [0, 0.1) is 18.6 Å². The summed E-state index contributed by atoms with van der Waals surface area (Å²) in [4.78, 5) is 3.96. The van der Waals surface area contributed by atoms with Crippen molar-refractivity contribution in [3.63, 3.8) is 0 Å². The van der Waals surface area contributed by atoms with E-state index in [0.29, 0.717) is 5.75 Å². The van der Waals surface area contributed by atoms with Crippen LogP contribution >= 0.6 is 0 Å². The minimum atomic E-state index is -0.755. The van der Waals surface area contributed by atoms with E-state index in [0.717, 1.165) is 17.7 Å². The van der Waals surface area contributed by atoms with Crippen LogP contribution in [0.1, 0.15) is 11.4 Å². The minimum absolute atomic E-state index is 0.0447. The fourth-order valence-electron chi connectivity index (χ4n) is 1.97. The second-order valence-corrected chi connectivity index (χ2v) is 4.72. The molecule has 0 saturated heterocycles. The summed E-state index contributed by atoms with van der Waals surface area (Å²) in [5.74, 6) is -0.856. The van der Waals surface area contributed by atoms with E-state index in [1.165, 1.54) is 6.07 Å². The van der Waals surface area contributed by atoms with Gasteiger partial charge in [0, 0.05) is 0 Å². The zero-order chi connectivity index (χ0) is 15.5. The Balaban J connectivity index is 1.77. The zero-order valence-corrected chi connectivity index (χ0v) is 11.7. The molecule has 0 aliphatic carbocycles. The van der Waals surface area contributed by atoms with Crippen molar-refractivity contribution in [2.75, 3.05) is 0 Å². The monoisotopic (exact) mass is 302 g/mol. The molecule has 112 valence electrons. The van der Waals surface area contributed by atoms with Gasteiger partial charge >= 0.3 is 0 Å². The summed E-state index contributed by atoms with van der Waals surface area (Å²) >= 11 is 0. The quantitative estimate of drug-likeness (QED) is 0.733. The minimum Gasteiger partial charge on any atom is -0.485 e. The third-order valence-corrected chi connectivity index (χ3v) is 3.00. The summed E-state index contributed by atoms with van der Waals surface area (Å²) in [5.41, 5.74) is 0.719. The third kappa shape index (κ3) is 2.95. The molecular weight excluding hydrogens is 290 g/mol. The van der Waals surface area contributed by atoms with E-state index >= 15 is 0 Å². The molecule has 2 aromatic carbocycles. The number of hydrogen-bond acceptors (Lipinski definition) is 4. The van der Waals surface area contributed by atoms with Crippen LogP contribution in [-0.4, -0.2) is 10.1 Å². The molecule has 0 saturated carbocycles. The van der Waals surface area contributed by atoms with Gasteiger partial charge in [0.2, 0.25) is 5.82 Å². The molecule has 0 N–H and O–H groups in total. The van der Waals surface area contributed by atoms with Crippen LogP contribution in [0.4, 0.5) is 8.78 Å². The van der Waals surface area contributed by atoms with E-state index in [1.54, 1.807) is 6.07 Å². The Bertz CT molecular complexity index is 782. The second-order valence-electron chi connectivity index (χ2n) is 4.72. The third-order valence-electron chi connectivity index (χ3n) is 3.00. The molecule has 1 heterocycles. The summed E-state index contributed by atoms with van der Waals surface area (Å²) in [5, 5.41) is 3.67. The molecule has 3 rings (SSSR count). The number of ether oxygens (including phenoxy) is 1. The number of aromatic nitrogens is 2. The Labute approximate surface area is 125 Å². The molecule has 0 aliphatic rings. The standard InChI is InChI=1S/C16H12F2N2O2/c1-10-4-2-5-11(8-10)21-9-14-19-16(22-20-14)15-12(17)6-3-7-13(15)18/h2-8H,9H2,1H3. The van der Waals surface area contributed by atoms with Gasteiger partial charge in [-0.15, -0.1) is 0 Å². The smallest absolute Gasteiger partial charge is 0.264 e. The number of hydrogen-bond donors (Lipinski definition) is 0. The van der Waals surface area contributed by atoms with Crippen molar-refractivity contribution in [3.05, 3.63) is 65.5 Å². The van der Waals surface area contributed by atoms with Crippen LogP contribution in [0.3, 0.4) is 0 Å². The summed E-state index contributed by atoms with van der Waals surface area (Å²) in [7, 11) is 0. The molecule has 0 radical (unpaired) electrons. The lowest BCUT2D eigenvalue weighted by Gasteiger charge is -2.03. The van der Waals surface area contributed by atoms with Crippen LogP contribution in [0.25, 0.3) is 11.5 Å². The molecule has 0 bridgehead atoms. The highest BCUT2D eigenvalue weighted by atomic mass is 19.1. The predicted molar refractivity (Wildman–Crippen MR) is 75.2 cm³/mol. The maximum atomic E-state index is 13.6. The van der Waals surface area contributed by atoms with Crippen LogP contribution in [0.15, 0.2) is 47.0 Å². The molecule has 3 aromatic rings. The molecule has 0 fully saturated rings. The van der Waals surface area contributed by atoms with Gasteiger partial charge < -0.3 is 9.26 Å². The van der Waals surface area contributed by atoms with Gasteiger partial charge in [0.05, 0.1) is 0 Å². The van der Waals surface area contributed by atoms with Gasteiger partial charge in [-0.3, -0.25) is 0 Å². The molecule has 0 atom stereocenters. The summed E-state index contributed by atoms with van der Waals surface area (Å²) in [6, 6.07) is 11.0. The molecule has 0 amide bonds. The van der Waals surface area contributed by atoms with Crippen LogP contribution in [-0.2, 0) is 6.61 Å². The topological polar surface area (TPSA) is 48.2 Å². The van der Waals surface area contributed by atoms with Gasteiger partial charge in [0.1, 0.15) is 22.9 Å². The van der Waals surface area contributed by atoms with Crippen molar-refractivity contribution in [3.8, 4) is 17.2 Å². The molecule has 0 spiro atoms. The lowest BCUT2D eigenvalue weighted by molar-refractivity contribution is 0.287. The van der Waals surface area contributed by atoms with Crippen LogP contribution in [0.2, 0.25) is 0 Å². The number of nitrogens with zero attached hydrogens (tertiary/aromatic N) is 2. The lowest BCUT2D eigenvalue weighted by atomic mass is 10.2. The predicted octanol–water partition coefficient (Wildman–Crippen LogP) is 3.90. The fraction of sp³-hybridized carbons (Fsp3) is 0.125. The normalized spacial score (nSPS) is 10.7. The van der Waals surface area contributed by atoms with Crippen LogP contribution in [0.5, 0.6) is 5.75 Å².